The van der Waals surface area contributed by atoms with E-state index in [1.165, 1.54) is 22.7 Å². The number of hydrogen-bond acceptors (Lipinski definition) is 13. The Morgan fingerprint density at radius 2 is 1.11 bits per heavy atom. The van der Waals surface area contributed by atoms with Gasteiger partial charge in [0.15, 0.2) is 0 Å². The number of aromatic nitrogens is 6. The third-order valence-electron chi connectivity index (χ3n) is 9.46. The van der Waals surface area contributed by atoms with E-state index in [1.54, 1.807) is 31.6 Å². The van der Waals surface area contributed by atoms with E-state index in [4.69, 9.17) is 14.2 Å². The van der Waals surface area contributed by atoms with Crippen LogP contribution in [0.25, 0.3) is 31.6 Å². The normalized spacial score (nSPS) is 11.7. The molecule has 0 aliphatic heterocycles. The lowest BCUT2D eigenvalue weighted by Crippen LogP contribution is -2.07. The maximum absolute atomic E-state index is 9.81. The van der Waals surface area contributed by atoms with Gasteiger partial charge >= 0.3 is 12.0 Å². The van der Waals surface area contributed by atoms with Gasteiger partial charge in [0.25, 0.3) is 0 Å². The smallest absolute Gasteiger partial charge is 0.316 e. The average molecular weight is 837 g/mol. The molecule has 13 heteroatoms. The number of thiazole rings is 2. The molecule has 9 aromatic rings. The molecule has 0 saturated carbocycles. The number of para-hydroxylation sites is 2. The molecule has 298 valence electrons. The molecular formula is C48H36N8O3S2. The molecule has 0 fully saturated rings. The van der Waals surface area contributed by atoms with E-state index in [0.29, 0.717) is 29.6 Å². The largest absolute Gasteiger partial charge is 0.497 e. The van der Waals surface area contributed by atoms with Crippen LogP contribution >= 0.6 is 22.7 Å². The van der Waals surface area contributed by atoms with Crippen molar-refractivity contribution in [1.82, 2.24) is 29.9 Å². The van der Waals surface area contributed by atoms with Crippen molar-refractivity contribution in [2.75, 3.05) is 13.7 Å². The first-order valence-corrected chi connectivity index (χ1v) is 20.9. The highest BCUT2D eigenvalue weighted by molar-refractivity contribution is 7.19. The predicted octanol–water partition coefficient (Wildman–Crippen LogP) is 10.4. The van der Waals surface area contributed by atoms with Gasteiger partial charge in [-0.05, 0) is 76.9 Å². The minimum Gasteiger partial charge on any atom is -0.497 e. The summed E-state index contributed by atoms with van der Waals surface area (Å²) in [6.07, 6.45) is 3.95. The van der Waals surface area contributed by atoms with Crippen molar-refractivity contribution in [2.45, 2.75) is 24.9 Å². The molecule has 9 rings (SSSR count). The van der Waals surface area contributed by atoms with Gasteiger partial charge in [-0.1, -0.05) is 84.9 Å². The number of nitrogens with zero attached hydrogens (tertiary/aromatic N) is 8. The molecule has 4 heterocycles. The van der Waals surface area contributed by atoms with E-state index in [9.17, 15) is 10.5 Å². The maximum Gasteiger partial charge on any atom is 0.316 e. The number of methoxy groups -OCH3 is 1. The van der Waals surface area contributed by atoms with Gasteiger partial charge in [-0.2, -0.15) is 20.5 Å². The van der Waals surface area contributed by atoms with Crippen LogP contribution in [0.4, 0.5) is 0 Å². The number of hydrogen-bond donors (Lipinski definition) is 0. The lowest BCUT2D eigenvalue weighted by molar-refractivity contribution is 0.279. The number of rotatable bonds is 13. The number of fused-ring (bicyclic) bond motifs is 2. The standard InChI is InChI=1S/C26H18N4OS.C22H18N4O2S/c27-16-21(25-29-23-11-4-5-12-24(23)32-25)22-13-14-28-26(30-22)31-17-18-7-6-10-20(15-18)19-8-2-1-3-9-19;1-27-16-8-6-15(7-9-16)11-13-28-22-24-12-10-18(26-22)17(14-23)21-25-19-4-2-3-5-20(19)29-21/h1-15,21H,17H2;2-10,12,17H,11,13H2,1H3. The van der Waals surface area contributed by atoms with E-state index in [-0.39, 0.29) is 12.0 Å². The molecule has 2 unspecified atom stereocenters. The van der Waals surface area contributed by atoms with Gasteiger partial charge in [0, 0.05) is 18.8 Å². The van der Waals surface area contributed by atoms with Crippen molar-refractivity contribution < 1.29 is 14.2 Å². The summed E-state index contributed by atoms with van der Waals surface area (Å²) in [4.78, 5) is 26.5. The second kappa shape index (κ2) is 19.4. The summed E-state index contributed by atoms with van der Waals surface area (Å²) in [6.45, 7) is 0.774. The second-order valence-corrected chi connectivity index (χ2v) is 15.6. The van der Waals surface area contributed by atoms with Crippen molar-refractivity contribution in [3.8, 4) is 41.0 Å². The van der Waals surface area contributed by atoms with Crippen LogP contribution in [0.15, 0.2) is 152 Å². The molecule has 0 amide bonds. The molecule has 0 bridgehead atoms. The van der Waals surface area contributed by atoms with Crippen LogP contribution in [0.1, 0.15) is 44.4 Å². The summed E-state index contributed by atoms with van der Waals surface area (Å²) in [6, 6.07) is 50.5. The fourth-order valence-corrected chi connectivity index (χ4v) is 8.41. The van der Waals surface area contributed by atoms with Crippen molar-refractivity contribution in [3.05, 3.63) is 184 Å². The van der Waals surface area contributed by atoms with Gasteiger partial charge in [0.1, 0.15) is 34.2 Å². The molecule has 2 atom stereocenters. The molecule has 0 N–H and O–H groups in total. The minimum absolute atomic E-state index is 0.244. The van der Waals surface area contributed by atoms with Gasteiger partial charge < -0.3 is 14.2 Å². The van der Waals surface area contributed by atoms with Crippen molar-refractivity contribution in [1.29, 1.82) is 10.5 Å². The van der Waals surface area contributed by atoms with Crippen molar-refractivity contribution in [3.63, 3.8) is 0 Å². The number of benzene rings is 5. The summed E-state index contributed by atoms with van der Waals surface area (Å²) in [5.74, 6) is -0.304. The van der Waals surface area contributed by atoms with Gasteiger partial charge in [-0.3, -0.25) is 0 Å². The highest BCUT2D eigenvalue weighted by Gasteiger charge is 2.22. The Bertz CT molecular complexity index is 2900. The first kappa shape index (κ1) is 40.2. The van der Waals surface area contributed by atoms with E-state index >= 15 is 0 Å². The van der Waals surface area contributed by atoms with Crippen LogP contribution in [0.2, 0.25) is 0 Å². The van der Waals surface area contributed by atoms with Crippen LogP contribution in [0, 0.1) is 22.7 Å². The van der Waals surface area contributed by atoms with Crippen molar-refractivity contribution >= 4 is 43.1 Å². The molecule has 5 aromatic carbocycles. The van der Waals surface area contributed by atoms with E-state index in [2.05, 4.69) is 66.3 Å². The summed E-state index contributed by atoms with van der Waals surface area (Å²) in [5, 5.41) is 21.0. The van der Waals surface area contributed by atoms with Crippen LogP contribution in [0.3, 0.4) is 0 Å². The first-order valence-electron chi connectivity index (χ1n) is 19.3. The number of ether oxygens (including phenoxy) is 3. The van der Waals surface area contributed by atoms with Gasteiger partial charge in [-0.15, -0.1) is 22.7 Å². The Morgan fingerprint density at radius 1 is 0.557 bits per heavy atom. The molecule has 0 saturated heterocycles. The van der Waals surface area contributed by atoms with Crippen LogP contribution < -0.4 is 14.2 Å². The quantitative estimate of drug-likeness (QED) is 0.109. The van der Waals surface area contributed by atoms with Crippen LogP contribution in [-0.2, 0) is 13.0 Å². The number of nitriles is 2. The molecule has 0 spiro atoms. The van der Waals surface area contributed by atoms with Gasteiger partial charge in [0.05, 0.1) is 57.7 Å². The predicted molar refractivity (Wildman–Crippen MR) is 237 cm³/mol. The molecular weight excluding hydrogens is 801 g/mol. The molecule has 11 nitrogen and oxygen atoms in total. The molecule has 4 aromatic heterocycles. The third-order valence-corrected chi connectivity index (χ3v) is 11.7. The zero-order valence-electron chi connectivity index (χ0n) is 32.8. The highest BCUT2D eigenvalue weighted by atomic mass is 32.1. The van der Waals surface area contributed by atoms with Crippen LogP contribution in [-0.4, -0.2) is 43.6 Å². The van der Waals surface area contributed by atoms with E-state index < -0.39 is 11.8 Å². The topological polar surface area (TPSA) is 153 Å². The Hall–Kier alpha value is -7.58. The second-order valence-electron chi connectivity index (χ2n) is 13.5. The van der Waals surface area contributed by atoms with Crippen molar-refractivity contribution in [2.24, 2.45) is 0 Å². The lowest BCUT2D eigenvalue weighted by atomic mass is 10.0. The third kappa shape index (κ3) is 10.0. The monoisotopic (exact) mass is 836 g/mol. The molecule has 0 aliphatic rings. The minimum atomic E-state index is -0.570. The lowest BCUT2D eigenvalue weighted by Gasteiger charge is -2.09. The van der Waals surface area contributed by atoms with Gasteiger partial charge in [0.2, 0.25) is 0 Å². The first-order chi connectivity index (χ1) is 30.1. The summed E-state index contributed by atoms with van der Waals surface area (Å²) in [7, 11) is 1.64. The molecule has 0 radical (unpaired) electrons. The summed E-state index contributed by atoms with van der Waals surface area (Å²) < 4.78 is 18.8. The maximum atomic E-state index is 9.81. The van der Waals surface area contributed by atoms with E-state index in [0.717, 1.165) is 59.9 Å². The van der Waals surface area contributed by atoms with Gasteiger partial charge in [-0.25, -0.2) is 19.9 Å². The zero-order chi connectivity index (χ0) is 41.8. The molecule has 0 aliphatic carbocycles. The van der Waals surface area contributed by atoms with Crippen LogP contribution in [0.5, 0.6) is 17.8 Å². The zero-order valence-corrected chi connectivity index (χ0v) is 34.5. The Morgan fingerprint density at radius 3 is 1.69 bits per heavy atom. The summed E-state index contributed by atoms with van der Waals surface area (Å²) >= 11 is 3.01. The molecule has 61 heavy (non-hydrogen) atoms. The summed E-state index contributed by atoms with van der Waals surface area (Å²) in [5.41, 5.74) is 7.36. The fraction of sp³-hybridized carbons (Fsp3) is 0.125. The SMILES string of the molecule is COc1ccc(CCOc2nccc(C(C#N)c3nc4ccccc4s3)n2)cc1.N#CC(c1ccnc(OCc2cccc(-c3ccccc3)c2)n1)c1nc2ccccc2s1. The Labute approximate surface area is 360 Å². The highest BCUT2D eigenvalue weighted by Crippen LogP contribution is 2.32. The average Bonchev–Trinajstić information content (AvgIpc) is 3.95. The fourth-order valence-electron chi connectivity index (χ4n) is 6.36. The Kier molecular flexibility index (Phi) is 12.8. The van der Waals surface area contributed by atoms with E-state index in [1.807, 2.05) is 103 Å². The Balaban J connectivity index is 0.000000169.